The topological polar surface area (TPSA) is 104 Å². The summed E-state index contributed by atoms with van der Waals surface area (Å²) in [7, 11) is 0. The summed E-state index contributed by atoms with van der Waals surface area (Å²) in [5.41, 5.74) is 0.940. The number of allylic oxidation sites excluding steroid dienone is 2. The Balaban J connectivity index is 1.40. The van der Waals surface area contributed by atoms with E-state index in [1.54, 1.807) is 17.0 Å². The van der Waals surface area contributed by atoms with Gasteiger partial charge in [-0.05, 0) is 30.4 Å². The van der Waals surface area contributed by atoms with Gasteiger partial charge in [-0.1, -0.05) is 12.2 Å². The van der Waals surface area contributed by atoms with Gasteiger partial charge >= 0.3 is 5.97 Å². The molecule has 1 saturated carbocycles. The lowest BCUT2D eigenvalue weighted by Crippen LogP contribution is -2.52. The van der Waals surface area contributed by atoms with Crippen LogP contribution in [0.5, 0.6) is 0 Å². The second-order valence-electron chi connectivity index (χ2n) is 7.42. The highest BCUT2D eigenvalue weighted by molar-refractivity contribution is 5.87. The summed E-state index contributed by atoms with van der Waals surface area (Å²) in [6, 6.07) is 6.39. The van der Waals surface area contributed by atoms with E-state index in [4.69, 9.17) is 0 Å². The SMILES string of the molecule is O=C(O)[C@@H]1[C@@H](C(=O)N2CCN(c3ccc([N+](=O)[O-])cc3)CC2)[C@H]2C=C[C@H]1C2. The molecule has 0 aromatic heterocycles. The molecule has 4 atom stereocenters. The van der Waals surface area contributed by atoms with Crippen LogP contribution in [-0.2, 0) is 9.59 Å². The lowest BCUT2D eigenvalue weighted by molar-refractivity contribution is -0.384. The number of non-ortho nitro benzene ring substituents is 1. The summed E-state index contributed by atoms with van der Waals surface area (Å²) in [6.07, 6.45) is 4.70. The largest absolute Gasteiger partial charge is 0.481 e. The van der Waals surface area contributed by atoms with Crippen LogP contribution in [0.4, 0.5) is 11.4 Å². The summed E-state index contributed by atoms with van der Waals surface area (Å²) >= 11 is 0. The molecule has 0 spiro atoms. The molecular formula is C19H21N3O5. The number of hydrogen-bond acceptors (Lipinski definition) is 5. The van der Waals surface area contributed by atoms with Crippen molar-refractivity contribution in [3.05, 3.63) is 46.5 Å². The fraction of sp³-hybridized carbons (Fsp3) is 0.474. The number of rotatable bonds is 4. The summed E-state index contributed by atoms with van der Waals surface area (Å²) in [5.74, 6) is -1.99. The number of aliphatic carboxylic acids is 1. The number of carbonyl (C=O) groups is 2. The molecular weight excluding hydrogens is 350 g/mol. The smallest absolute Gasteiger partial charge is 0.307 e. The first-order valence-electron chi connectivity index (χ1n) is 9.15. The molecule has 8 nitrogen and oxygen atoms in total. The number of hydrogen-bond donors (Lipinski definition) is 1. The van der Waals surface area contributed by atoms with E-state index in [9.17, 15) is 24.8 Å². The van der Waals surface area contributed by atoms with Crippen molar-refractivity contribution in [1.82, 2.24) is 4.90 Å². The van der Waals surface area contributed by atoms with E-state index in [2.05, 4.69) is 4.90 Å². The number of piperazine rings is 1. The number of carboxylic acids is 1. The van der Waals surface area contributed by atoms with Crippen LogP contribution in [0.25, 0.3) is 0 Å². The van der Waals surface area contributed by atoms with Crippen molar-refractivity contribution >= 4 is 23.3 Å². The maximum Gasteiger partial charge on any atom is 0.307 e. The number of anilines is 1. The first-order valence-corrected chi connectivity index (χ1v) is 9.15. The van der Waals surface area contributed by atoms with Crippen LogP contribution in [-0.4, -0.2) is 53.0 Å². The number of nitro benzene ring substituents is 1. The Hall–Kier alpha value is -2.90. The monoisotopic (exact) mass is 371 g/mol. The van der Waals surface area contributed by atoms with Gasteiger partial charge in [0.1, 0.15) is 0 Å². The fourth-order valence-electron chi connectivity index (χ4n) is 4.68. The number of fused-ring (bicyclic) bond motifs is 2. The lowest BCUT2D eigenvalue weighted by Gasteiger charge is -2.38. The van der Waals surface area contributed by atoms with E-state index in [0.717, 1.165) is 12.1 Å². The van der Waals surface area contributed by atoms with E-state index in [1.807, 2.05) is 12.2 Å². The Morgan fingerprint density at radius 2 is 1.59 bits per heavy atom. The standard InChI is InChI=1S/C19H21N3O5/c23-18(16-12-1-2-13(11-12)17(16)19(24)25)21-9-7-20(8-10-21)14-3-5-15(6-4-14)22(26)27/h1-6,12-13,16-17H,7-11H2,(H,24,25)/t12-,13-,16-,17-/m0/s1. The normalized spacial score (nSPS) is 29.2. The third-order valence-corrected chi connectivity index (χ3v) is 6.05. The van der Waals surface area contributed by atoms with Crippen LogP contribution in [0, 0.1) is 33.8 Å². The van der Waals surface area contributed by atoms with Gasteiger partial charge in [0.15, 0.2) is 0 Å². The third kappa shape index (κ3) is 3.05. The van der Waals surface area contributed by atoms with Gasteiger partial charge in [0.2, 0.25) is 5.91 Å². The molecule has 4 rings (SSSR count). The summed E-state index contributed by atoms with van der Waals surface area (Å²) in [6.45, 7) is 2.30. The molecule has 2 fully saturated rings. The molecule has 3 aliphatic rings. The molecule has 1 N–H and O–H groups in total. The zero-order chi connectivity index (χ0) is 19.1. The predicted octanol–water partition coefficient (Wildman–Crippen LogP) is 1.77. The molecule has 1 aromatic carbocycles. The molecule has 1 amide bonds. The first kappa shape index (κ1) is 17.5. The molecule has 142 valence electrons. The Morgan fingerprint density at radius 1 is 1.00 bits per heavy atom. The Kier molecular flexibility index (Phi) is 4.33. The second kappa shape index (κ2) is 6.68. The predicted molar refractivity (Wildman–Crippen MR) is 97.2 cm³/mol. The quantitative estimate of drug-likeness (QED) is 0.491. The van der Waals surface area contributed by atoms with Gasteiger partial charge in [0, 0.05) is 44.0 Å². The Morgan fingerprint density at radius 3 is 2.15 bits per heavy atom. The van der Waals surface area contributed by atoms with Gasteiger partial charge in [-0.3, -0.25) is 19.7 Å². The molecule has 1 aromatic rings. The molecule has 2 bridgehead atoms. The summed E-state index contributed by atoms with van der Waals surface area (Å²) in [5, 5.41) is 20.3. The van der Waals surface area contributed by atoms with Crippen molar-refractivity contribution in [3.63, 3.8) is 0 Å². The van der Waals surface area contributed by atoms with Crippen molar-refractivity contribution < 1.29 is 19.6 Å². The van der Waals surface area contributed by atoms with Crippen LogP contribution in [0.1, 0.15) is 6.42 Å². The molecule has 1 heterocycles. The highest BCUT2D eigenvalue weighted by Crippen LogP contribution is 2.48. The van der Waals surface area contributed by atoms with Crippen LogP contribution >= 0.6 is 0 Å². The number of nitrogens with zero attached hydrogens (tertiary/aromatic N) is 3. The van der Waals surface area contributed by atoms with Crippen LogP contribution in [0.15, 0.2) is 36.4 Å². The number of carboxylic acid groups (broad SMARTS) is 1. The minimum atomic E-state index is -0.880. The highest BCUT2D eigenvalue weighted by atomic mass is 16.6. The van der Waals surface area contributed by atoms with Crippen molar-refractivity contribution in [3.8, 4) is 0 Å². The Bertz CT molecular complexity index is 798. The zero-order valence-electron chi connectivity index (χ0n) is 14.7. The van der Waals surface area contributed by atoms with E-state index in [1.165, 1.54) is 12.1 Å². The summed E-state index contributed by atoms with van der Waals surface area (Å²) in [4.78, 5) is 38.8. The zero-order valence-corrected chi connectivity index (χ0v) is 14.7. The van der Waals surface area contributed by atoms with Gasteiger partial charge in [-0.15, -0.1) is 0 Å². The van der Waals surface area contributed by atoms with E-state index in [0.29, 0.717) is 26.2 Å². The van der Waals surface area contributed by atoms with E-state index >= 15 is 0 Å². The molecule has 1 aliphatic heterocycles. The second-order valence-corrected chi connectivity index (χ2v) is 7.42. The van der Waals surface area contributed by atoms with E-state index in [-0.39, 0.29) is 23.4 Å². The van der Waals surface area contributed by atoms with Crippen molar-refractivity contribution in [2.75, 3.05) is 31.1 Å². The molecule has 0 radical (unpaired) electrons. The third-order valence-electron chi connectivity index (χ3n) is 6.05. The summed E-state index contributed by atoms with van der Waals surface area (Å²) < 4.78 is 0. The lowest BCUT2D eigenvalue weighted by atomic mass is 9.82. The number of amides is 1. The molecule has 0 unspecified atom stereocenters. The minimum Gasteiger partial charge on any atom is -0.481 e. The van der Waals surface area contributed by atoms with Crippen molar-refractivity contribution in [2.24, 2.45) is 23.7 Å². The van der Waals surface area contributed by atoms with Gasteiger partial charge in [0.25, 0.3) is 5.69 Å². The van der Waals surface area contributed by atoms with Gasteiger partial charge in [-0.25, -0.2) is 0 Å². The first-order chi connectivity index (χ1) is 13.0. The van der Waals surface area contributed by atoms with E-state index < -0.39 is 22.7 Å². The van der Waals surface area contributed by atoms with Crippen LogP contribution in [0.2, 0.25) is 0 Å². The minimum absolute atomic E-state index is 0.0251. The number of nitro groups is 1. The van der Waals surface area contributed by atoms with Gasteiger partial charge < -0.3 is 14.9 Å². The molecule has 2 aliphatic carbocycles. The fourth-order valence-corrected chi connectivity index (χ4v) is 4.68. The maximum atomic E-state index is 13.0. The average Bonchev–Trinajstić information content (AvgIpc) is 3.29. The van der Waals surface area contributed by atoms with Gasteiger partial charge in [0.05, 0.1) is 16.8 Å². The molecule has 1 saturated heterocycles. The highest BCUT2D eigenvalue weighted by Gasteiger charge is 2.52. The Labute approximate surface area is 156 Å². The number of carbonyl (C=O) groups excluding carboxylic acids is 1. The average molecular weight is 371 g/mol. The van der Waals surface area contributed by atoms with Crippen molar-refractivity contribution in [2.45, 2.75) is 6.42 Å². The van der Waals surface area contributed by atoms with Crippen molar-refractivity contribution in [1.29, 1.82) is 0 Å². The maximum absolute atomic E-state index is 13.0. The molecule has 8 heteroatoms. The van der Waals surface area contributed by atoms with Gasteiger partial charge in [-0.2, -0.15) is 0 Å². The number of benzene rings is 1. The van der Waals surface area contributed by atoms with Crippen LogP contribution < -0.4 is 4.90 Å². The van der Waals surface area contributed by atoms with Crippen LogP contribution in [0.3, 0.4) is 0 Å². The molecule has 27 heavy (non-hydrogen) atoms.